The van der Waals surface area contributed by atoms with Crippen LogP contribution in [-0.4, -0.2) is 25.5 Å². The van der Waals surface area contributed by atoms with Gasteiger partial charge in [-0.15, -0.1) is 24.0 Å². The molecule has 5 nitrogen and oxygen atoms in total. The summed E-state index contributed by atoms with van der Waals surface area (Å²) in [5.74, 6) is 0.545. The minimum Gasteiger partial charge on any atom is -0.352 e. The number of hydrogen-bond acceptors (Lipinski definition) is 3. The molecule has 1 heterocycles. The summed E-state index contributed by atoms with van der Waals surface area (Å²) >= 11 is 1.66. The SMILES string of the molecule is CN=C(NCC(=O)NCc1ccccc1)NCc1ccsc1.I. The Bertz CT molecular complexity index is 602. The fourth-order valence-electron chi connectivity index (χ4n) is 1.82. The predicted molar refractivity (Wildman–Crippen MR) is 106 cm³/mol. The Hall–Kier alpha value is -1.61. The Morgan fingerprint density at radius 2 is 1.78 bits per heavy atom. The number of aliphatic imine (C=N–C) groups is 1. The lowest BCUT2D eigenvalue weighted by Gasteiger charge is -2.11. The Balaban J connectivity index is 0.00000264. The van der Waals surface area contributed by atoms with Gasteiger partial charge in [0.2, 0.25) is 5.91 Å². The van der Waals surface area contributed by atoms with E-state index < -0.39 is 0 Å². The molecule has 1 amide bonds. The molecule has 0 aliphatic carbocycles. The molecule has 0 fully saturated rings. The summed E-state index contributed by atoms with van der Waals surface area (Å²) < 4.78 is 0. The third kappa shape index (κ3) is 7.47. The van der Waals surface area contributed by atoms with Crippen molar-refractivity contribution in [3.05, 3.63) is 58.3 Å². The molecule has 0 unspecified atom stereocenters. The normalized spacial score (nSPS) is 10.6. The topological polar surface area (TPSA) is 65.5 Å². The van der Waals surface area contributed by atoms with Crippen LogP contribution < -0.4 is 16.0 Å². The summed E-state index contributed by atoms with van der Waals surface area (Å²) in [5.41, 5.74) is 2.28. The molecule has 1 aromatic carbocycles. The molecule has 2 rings (SSSR count). The molecule has 0 saturated heterocycles. The Morgan fingerprint density at radius 3 is 2.43 bits per heavy atom. The summed E-state index contributed by atoms with van der Waals surface area (Å²) in [7, 11) is 1.69. The quantitative estimate of drug-likeness (QED) is 0.364. The molecule has 0 radical (unpaired) electrons. The predicted octanol–water partition coefficient (Wildman–Crippen LogP) is 2.35. The van der Waals surface area contributed by atoms with Crippen LogP contribution in [0.3, 0.4) is 0 Å². The fourth-order valence-corrected chi connectivity index (χ4v) is 2.49. The van der Waals surface area contributed by atoms with Gasteiger partial charge in [-0.05, 0) is 28.0 Å². The van der Waals surface area contributed by atoms with Crippen molar-refractivity contribution < 1.29 is 4.79 Å². The molecule has 7 heteroatoms. The van der Waals surface area contributed by atoms with Crippen LogP contribution in [-0.2, 0) is 17.9 Å². The van der Waals surface area contributed by atoms with Gasteiger partial charge in [0, 0.05) is 20.1 Å². The van der Waals surface area contributed by atoms with Crippen LogP contribution in [0.2, 0.25) is 0 Å². The molecule has 0 saturated carbocycles. The largest absolute Gasteiger partial charge is 0.352 e. The van der Waals surface area contributed by atoms with Crippen molar-refractivity contribution in [1.29, 1.82) is 0 Å². The Labute approximate surface area is 157 Å². The monoisotopic (exact) mass is 444 g/mol. The van der Waals surface area contributed by atoms with Crippen LogP contribution in [0.15, 0.2) is 52.2 Å². The van der Waals surface area contributed by atoms with Crippen LogP contribution in [0.4, 0.5) is 0 Å². The number of carbonyl (C=O) groups excluding carboxylic acids is 1. The lowest BCUT2D eigenvalue weighted by molar-refractivity contribution is -0.120. The van der Waals surface area contributed by atoms with Crippen molar-refractivity contribution in [1.82, 2.24) is 16.0 Å². The van der Waals surface area contributed by atoms with Crippen molar-refractivity contribution >= 4 is 47.2 Å². The highest BCUT2D eigenvalue weighted by molar-refractivity contribution is 14.0. The summed E-state index contributed by atoms with van der Waals surface area (Å²) in [4.78, 5) is 15.9. The lowest BCUT2D eigenvalue weighted by Crippen LogP contribution is -2.42. The van der Waals surface area contributed by atoms with Crippen molar-refractivity contribution in [2.24, 2.45) is 4.99 Å². The van der Waals surface area contributed by atoms with Gasteiger partial charge >= 0.3 is 0 Å². The number of thiophene rings is 1. The number of nitrogens with one attached hydrogen (secondary N) is 3. The maximum atomic E-state index is 11.8. The van der Waals surface area contributed by atoms with E-state index in [1.54, 1.807) is 18.4 Å². The van der Waals surface area contributed by atoms with Crippen LogP contribution in [0, 0.1) is 0 Å². The first-order valence-corrected chi connectivity index (χ1v) is 7.98. The third-order valence-corrected chi connectivity index (χ3v) is 3.74. The van der Waals surface area contributed by atoms with E-state index in [-0.39, 0.29) is 36.4 Å². The second-order valence-corrected chi connectivity index (χ2v) is 5.45. The molecule has 23 heavy (non-hydrogen) atoms. The van der Waals surface area contributed by atoms with E-state index in [4.69, 9.17) is 0 Å². The average Bonchev–Trinajstić information content (AvgIpc) is 3.07. The minimum atomic E-state index is -0.0673. The maximum Gasteiger partial charge on any atom is 0.239 e. The van der Waals surface area contributed by atoms with E-state index in [1.807, 2.05) is 35.7 Å². The highest BCUT2D eigenvalue weighted by Crippen LogP contribution is 2.04. The van der Waals surface area contributed by atoms with Crippen molar-refractivity contribution in [2.75, 3.05) is 13.6 Å². The van der Waals surface area contributed by atoms with E-state index in [0.717, 1.165) is 5.56 Å². The first-order valence-electron chi connectivity index (χ1n) is 7.04. The van der Waals surface area contributed by atoms with E-state index >= 15 is 0 Å². The molecule has 0 aliphatic heterocycles. The standard InChI is InChI=1S/C16H20N4OS.HI/c1-17-16(19-10-14-7-8-22-12-14)20-11-15(21)18-9-13-5-3-2-4-6-13;/h2-8,12H,9-11H2,1H3,(H,18,21)(H2,17,19,20);1H. The van der Waals surface area contributed by atoms with Gasteiger partial charge in [0.05, 0.1) is 6.54 Å². The zero-order valence-electron chi connectivity index (χ0n) is 12.9. The highest BCUT2D eigenvalue weighted by Gasteiger charge is 2.03. The summed E-state index contributed by atoms with van der Waals surface area (Å²) in [6.45, 7) is 1.41. The fraction of sp³-hybridized carbons (Fsp3) is 0.250. The second kappa shape index (κ2) is 11.0. The van der Waals surface area contributed by atoms with Gasteiger partial charge in [0.1, 0.15) is 0 Å². The first kappa shape index (κ1) is 19.4. The van der Waals surface area contributed by atoms with Crippen molar-refractivity contribution in [3.63, 3.8) is 0 Å². The number of nitrogens with zero attached hydrogens (tertiary/aromatic N) is 1. The second-order valence-electron chi connectivity index (χ2n) is 4.67. The van der Waals surface area contributed by atoms with Gasteiger partial charge < -0.3 is 16.0 Å². The van der Waals surface area contributed by atoms with Crippen LogP contribution >= 0.6 is 35.3 Å². The maximum absolute atomic E-state index is 11.8. The van der Waals surface area contributed by atoms with E-state index in [2.05, 4.69) is 32.4 Å². The zero-order chi connectivity index (χ0) is 15.6. The van der Waals surface area contributed by atoms with Gasteiger partial charge in [0.25, 0.3) is 0 Å². The molecular weight excluding hydrogens is 423 g/mol. The van der Waals surface area contributed by atoms with Crippen molar-refractivity contribution in [3.8, 4) is 0 Å². The van der Waals surface area contributed by atoms with Crippen LogP contribution in [0.1, 0.15) is 11.1 Å². The molecule has 2 aromatic rings. The Kier molecular flexibility index (Phi) is 9.30. The number of rotatable bonds is 6. The number of hydrogen-bond donors (Lipinski definition) is 3. The van der Waals surface area contributed by atoms with E-state index in [0.29, 0.717) is 19.0 Å². The van der Waals surface area contributed by atoms with Crippen LogP contribution in [0.25, 0.3) is 0 Å². The molecule has 0 atom stereocenters. The Morgan fingerprint density at radius 1 is 1.04 bits per heavy atom. The number of carbonyl (C=O) groups is 1. The molecule has 0 aliphatic rings. The lowest BCUT2D eigenvalue weighted by atomic mass is 10.2. The summed E-state index contributed by atoms with van der Waals surface area (Å²) in [6.07, 6.45) is 0. The zero-order valence-corrected chi connectivity index (χ0v) is 16.1. The first-order chi connectivity index (χ1) is 10.8. The molecule has 124 valence electrons. The summed E-state index contributed by atoms with van der Waals surface area (Å²) in [6, 6.07) is 11.9. The van der Waals surface area contributed by atoms with Crippen LogP contribution in [0.5, 0.6) is 0 Å². The van der Waals surface area contributed by atoms with Gasteiger partial charge in [-0.25, -0.2) is 0 Å². The van der Waals surface area contributed by atoms with Gasteiger partial charge in [-0.3, -0.25) is 9.79 Å². The minimum absolute atomic E-state index is 0. The number of amides is 1. The number of benzene rings is 1. The molecule has 0 spiro atoms. The van der Waals surface area contributed by atoms with Gasteiger partial charge in [-0.2, -0.15) is 11.3 Å². The highest BCUT2D eigenvalue weighted by atomic mass is 127. The molecular formula is C16H21IN4OS. The van der Waals surface area contributed by atoms with E-state index in [9.17, 15) is 4.79 Å². The molecule has 1 aromatic heterocycles. The summed E-state index contributed by atoms with van der Waals surface area (Å²) in [5, 5.41) is 13.1. The number of halogens is 1. The smallest absolute Gasteiger partial charge is 0.239 e. The van der Waals surface area contributed by atoms with Gasteiger partial charge in [-0.1, -0.05) is 30.3 Å². The molecule has 3 N–H and O–H groups in total. The van der Waals surface area contributed by atoms with Crippen molar-refractivity contribution in [2.45, 2.75) is 13.1 Å². The number of guanidine groups is 1. The molecule has 0 bridgehead atoms. The third-order valence-electron chi connectivity index (χ3n) is 3.01. The van der Waals surface area contributed by atoms with Gasteiger partial charge in [0.15, 0.2) is 5.96 Å². The van der Waals surface area contributed by atoms with E-state index in [1.165, 1.54) is 5.56 Å². The average molecular weight is 444 g/mol.